The lowest BCUT2D eigenvalue weighted by Gasteiger charge is -2.41. The van der Waals surface area contributed by atoms with Crippen LogP contribution in [-0.2, 0) is 4.79 Å². The first-order chi connectivity index (χ1) is 6.02. The van der Waals surface area contributed by atoms with Gasteiger partial charge in [-0.15, -0.1) is 0 Å². The third-order valence-electron chi connectivity index (χ3n) is 3.83. The maximum absolute atomic E-state index is 11.6. The van der Waals surface area contributed by atoms with Gasteiger partial charge in [-0.3, -0.25) is 4.79 Å². The van der Waals surface area contributed by atoms with Crippen molar-refractivity contribution in [3.8, 4) is 0 Å². The predicted octanol–water partition coefficient (Wildman–Crippen LogP) is 3.20. The Kier molecular flexibility index (Phi) is 2.94. The lowest BCUT2D eigenvalue weighted by atomic mass is 9.62. The Morgan fingerprint density at radius 2 is 2.08 bits per heavy atom. The summed E-state index contributed by atoms with van der Waals surface area (Å²) in [5.74, 6) is 1.24. The highest BCUT2D eigenvalue weighted by Gasteiger charge is 2.41. The van der Waals surface area contributed by atoms with Gasteiger partial charge in [-0.1, -0.05) is 32.9 Å². The van der Waals surface area contributed by atoms with E-state index in [0.29, 0.717) is 11.7 Å². The van der Waals surface area contributed by atoms with Crippen LogP contribution in [0, 0.1) is 17.3 Å². The van der Waals surface area contributed by atoms with Crippen molar-refractivity contribution in [2.24, 2.45) is 17.3 Å². The molecule has 1 nitrogen and oxygen atoms in total. The third kappa shape index (κ3) is 1.70. The molecule has 1 heteroatoms. The van der Waals surface area contributed by atoms with E-state index in [4.69, 9.17) is 0 Å². The van der Waals surface area contributed by atoms with Crippen LogP contribution in [0.5, 0.6) is 0 Å². The van der Waals surface area contributed by atoms with Crippen molar-refractivity contribution < 1.29 is 4.79 Å². The molecule has 0 bridgehead atoms. The molecule has 0 aliphatic heterocycles. The molecule has 3 unspecified atom stereocenters. The molecule has 0 aromatic heterocycles. The Labute approximate surface area is 81.2 Å². The average molecular weight is 180 g/mol. The number of hydrogen-bond donors (Lipinski definition) is 0. The molecule has 0 heterocycles. The number of rotatable bonds is 1. The quantitative estimate of drug-likeness (QED) is 0.566. The van der Waals surface area contributed by atoms with E-state index in [1.165, 1.54) is 0 Å². The number of Topliss-reactive ketones (excluding diaryl/α,β-unsaturated/α-hetero) is 1. The van der Waals surface area contributed by atoms with Crippen LogP contribution >= 0.6 is 0 Å². The summed E-state index contributed by atoms with van der Waals surface area (Å²) in [6.45, 7) is 8.56. The average Bonchev–Trinajstić information content (AvgIpc) is 2.10. The molecule has 0 amide bonds. The first-order valence-electron chi connectivity index (χ1n) is 5.19. The summed E-state index contributed by atoms with van der Waals surface area (Å²) in [5, 5.41) is 0. The number of allylic oxidation sites excluding steroid dienone is 2. The predicted molar refractivity (Wildman–Crippen MR) is 55.5 cm³/mol. The van der Waals surface area contributed by atoms with Crippen molar-refractivity contribution >= 4 is 5.78 Å². The Bertz CT molecular complexity index is 229. The smallest absolute Gasteiger partial charge is 0.136 e. The van der Waals surface area contributed by atoms with Gasteiger partial charge in [0.25, 0.3) is 0 Å². The molecule has 0 saturated heterocycles. The highest BCUT2D eigenvalue weighted by molar-refractivity contribution is 5.82. The second kappa shape index (κ2) is 3.65. The molecule has 13 heavy (non-hydrogen) atoms. The van der Waals surface area contributed by atoms with Gasteiger partial charge >= 0.3 is 0 Å². The largest absolute Gasteiger partial charge is 0.299 e. The minimum Gasteiger partial charge on any atom is -0.299 e. The van der Waals surface area contributed by atoms with Gasteiger partial charge < -0.3 is 0 Å². The van der Waals surface area contributed by atoms with Crippen LogP contribution in [0.15, 0.2) is 12.2 Å². The van der Waals surface area contributed by atoms with Crippen molar-refractivity contribution in [3.63, 3.8) is 0 Å². The van der Waals surface area contributed by atoms with Gasteiger partial charge in [0.15, 0.2) is 0 Å². The Balaban J connectivity index is 2.94. The summed E-state index contributed by atoms with van der Waals surface area (Å²) in [5.41, 5.74) is 0.0874. The van der Waals surface area contributed by atoms with Gasteiger partial charge in [0.2, 0.25) is 0 Å². The molecule has 74 valence electrons. The second-order valence-electron chi connectivity index (χ2n) is 4.49. The zero-order valence-corrected chi connectivity index (χ0v) is 9.13. The number of carbonyl (C=O) groups is 1. The van der Waals surface area contributed by atoms with E-state index in [1.54, 1.807) is 0 Å². The monoisotopic (exact) mass is 180 g/mol. The summed E-state index contributed by atoms with van der Waals surface area (Å²) in [6.07, 6.45) is 6.10. The highest BCUT2D eigenvalue weighted by Crippen LogP contribution is 2.44. The molecule has 0 N–H and O–H groups in total. The maximum Gasteiger partial charge on any atom is 0.136 e. The lowest BCUT2D eigenvalue weighted by Crippen LogP contribution is -2.39. The van der Waals surface area contributed by atoms with E-state index in [-0.39, 0.29) is 11.3 Å². The zero-order valence-electron chi connectivity index (χ0n) is 9.13. The normalized spacial score (nSPS) is 41.4. The molecule has 0 spiro atoms. The maximum atomic E-state index is 11.6. The van der Waals surface area contributed by atoms with Gasteiger partial charge in [-0.05, 0) is 24.7 Å². The minimum absolute atomic E-state index is 0.0874. The molecule has 0 aromatic carbocycles. The van der Waals surface area contributed by atoms with Gasteiger partial charge in [-0.25, -0.2) is 0 Å². The van der Waals surface area contributed by atoms with Gasteiger partial charge in [0.05, 0.1) is 0 Å². The minimum atomic E-state index is 0.0874. The molecular formula is C12H20O. The van der Waals surface area contributed by atoms with Crippen LogP contribution in [-0.4, -0.2) is 5.78 Å². The van der Waals surface area contributed by atoms with Crippen LogP contribution in [0.2, 0.25) is 0 Å². The van der Waals surface area contributed by atoms with Gasteiger partial charge in [0.1, 0.15) is 5.78 Å². The van der Waals surface area contributed by atoms with Crippen LogP contribution in [0.25, 0.3) is 0 Å². The lowest BCUT2D eigenvalue weighted by molar-refractivity contribution is -0.129. The Morgan fingerprint density at radius 1 is 1.46 bits per heavy atom. The summed E-state index contributed by atoms with van der Waals surface area (Å²) < 4.78 is 0. The standard InChI is InChI=1S/C12H20O/c1-5-8-12(4)9(2)6-7-11(13)10(12)3/h5,8-10H,6-7H2,1-4H3. The van der Waals surface area contributed by atoms with Crippen molar-refractivity contribution in [1.29, 1.82) is 0 Å². The fourth-order valence-electron chi connectivity index (χ4n) is 2.33. The number of hydrogen-bond acceptors (Lipinski definition) is 1. The van der Waals surface area contributed by atoms with E-state index in [9.17, 15) is 4.79 Å². The molecule has 1 saturated carbocycles. The Hall–Kier alpha value is -0.590. The molecule has 0 aromatic rings. The summed E-state index contributed by atoms with van der Waals surface area (Å²) in [7, 11) is 0. The molecule has 1 rings (SSSR count). The zero-order chi connectivity index (χ0) is 10.1. The van der Waals surface area contributed by atoms with Crippen molar-refractivity contribution in [2.45, 2.75) is 40.5 Å². The van der Waals surface area contributed by atoms with Crippen molar-refractivity contribution in [1.82, 2.24) is 0 Å². The fourth-order valence-corrected chi connectivity index (χ4v) is 2.33. The van der Waals surface area contributed by atoms with E-state index >= 15 is 0 Å². The molecular weight excluding hydrogens is 160 g/mol. The molecule has 1 fully saturated rings. The second-order valence-corrected chi connectivity index (χ2v) is 4.49. The fraction of sp³-hybridized carbons (Fsp3) is 0.750. The summed E-state index contributed by atoms with van der Waals surface area (Å²) >= 11 is 0. The topological polar surface area (TPSA) is 17.1 Å². The van der Waals surface area contributed by atoms with E-state index in [1.807, 2.05) is 6.92 Å². The molecule has 1 aliphatic carbocycles. The first kappa shape index (κ1) is 10.5. The van der Waals surface area contributed by atoms with Crippen LogP contribution in [0.1, 0.15) is 40.5 Å². The van der Waals surface area contributed by atoms with Crippen LogP contribution in [0.4, 0.5) is 0 Å². The van der Waals surface area contributed by atoms with E-state index in [0.717, 1.165) is 12.8 Å². The highest BCUT2D eigenvalue weighted by atomic mass is 16.1. The third-order valence-corrected chi connectivity index (χ3v) is 3.83. The molecule has 3 atom stereocenters. The molecule has 1 aliphatic rings. The van der Waals surface area contributed by atoms with Crippen LogP contribution in [0.3, 0.4) is 0 Å². The van der Waals surface area contributed by atoms with E-state index in [2.05, 4.69) is 32.9 Å². The Morgan fingerprint density at radius 3 is 2.62 bits per heavy atom. The SMILES string of the molecule is CC=CC1(C)C(C)CCC(=O)C1C. The molecule has 0 radical (unpaired) electrons. The van der Waals surface area contributed by atoms with Crippen molar-refractivity contribution in [2.75, 3.05) is 0 Å². The van der Waals surface area contributed by atoms with Crippen LogP contribution < -0.4 is 0 Å². The number of ketones is 1. The van der Waals surface area contributed by atoms with Crippen molar-refractivity contribution in [3.05, 3.63) is 12.2 Å². The summed E-state index contributed by atoms with van der Waals surface area (Å²) in [6, 6.07) is 0. The van der Waals surface area contributed by atoms with Gasteiger partial charge in [0, 0.05) is 12.3 Å². The van der Waals surface area contributed by atoms with E-state index < -0.39 is 0 Å². The summed E-state index contributed by atoms with van der Waals surface area (Å²) in [4.78, 5) is 11.6. The first-order valence-corrected chi connectivity index (χ1v) is 5.19. The number of carbonyl (C=O) groups excluding carboxylic acids is 1. The van der Waals surface area contributed by atoms with Gasteiger partial charge in [-0.2, -0.15) is 0 Å².